The smallest absolute Gasteiger partial charge is 0.351 e. The molecule has 0 saturated carbocycles. The van der Waals surface area contributed by atoms with Crippen molar-refractivity contribution in [2.45, 2.75) is 46.0 Å². The lowest BCUT2D eigenvalue weighted by Crippen LogP contribution is -2.16. The molecule has 0 aliphatic heterocycles. The van der Waals surface area contributed by atoms with E-state index >= 15 is 0 Å². The highest BCUT2D eigenvalue weighted by molar-refractivity contribution is 7.14. The van der Waals surface area contributed by atoms with E-state index in [1.165, 1.54) is 24.5 Å². The van der Waals surface area contributed by atoms with Gasteiger partial charge in [-0.3, -0.25) is 9.59 Å². The summed E-state index contributed by atoms with van der Waals surface area (Å²) in [4.78, 5) is 37.1. The number of carbonyl (C=O) groups is 2. The number of carbonyl (C=O) groups excluding carboxylic acids is 2. The van der Waals surface area contributed by atoms with Crippen molar-refractivity contribution in [1.29, 1.82) is 0 Å². The van der Waals surface area contributed by atoms with E-state index in [0.29, 0.717) is 30.8 Å². The van der Waals surface area contributed by atoms with Crippen molar-refractivity contribution in [1.82, 2.24) is 0 Å². The highest BCUT2D eigenvalue weighted by Crippen LogP contribution is 2.29. The first-order valence-electron chi connectivity index (χ1n) is 10.3. The fourth-order valence-corrected chi connectivity index (χ4v) is 3.84. The van der Waals surface area contributed by atoms with Gasteiger partial charge in [0.25, 0.3) is 0 Å². The van der Waals surface area contributed by atoms with Crippen LogP contribution < -0.4 is 10.4 Å². The Bertz CT molecular complexity index is 1060. The maximum Gasteiger partial charge on any atom is 0.351 e. The van der Waals surface area contributed by atoms with Crippen LogP contribution in [0.4, 0.5) is 0 Å². The van der Waals surface area contributed by atoms with Crippen LogP contribution in [0.15, 0.2) is 45.1 Å². The fourth-order valence-electron chi connectivity index (χ4n) is 2.93. The maximum atomic E-state index is 12.8. The lowest BCUT2D eigenvalue weighted by molar-refractivity contribution is -0.139. The van der Waals surface area contributed by atoms with Gasteiger partial charge in [0.1, 0.15) is 17.1 Å². The second kappa shape index (κ2) is 12.0. The third-order valence-corrected chi connectivity index (χ3v) is 5.66. The minimum absolute atomic E-state index is 0.166. The Morgan fingerprint density at radius 3 is 2.69 bits per heavy atom. The number of rotatable bonds is 11. The molecule has 172 valence electrons. The van der Waals surface area contributed by atoms with Crippen LogP contribution in [-0.2, 0) is 9.53 Å². The molecule has 0 spiro atoms. The van der Waals surface area contributed by atoms with Gasteiger partial charge in [-0.2, -0.15) is 0 Å². The number of aromatic hydroxyl groups is 1. The summed E-state index contributed by atoms with van der Waals surface area (Å²) in [6.07, 6.45) is 6.68. The van der Waals surface area contributed by atoms with E-state index in [0.717, 1.165) is 9.94 Å². The number of hydrogen-bond donors (Lipinski definition) is 1. The van der Waals surface area contributed by atoms with Crippen molar-refractivity contribution in [3.63, 3.8) is 0 Å². The molecule has 1 unspecified atom stereocenters. The molecule has 0 saturated heterocycles. The van der Waals surface area contributed by atoms with Crippen LogP contribution >= 0.6 is 11.3 Å². The van der Waals surface area contributed by atoms with Crippen LogP contribution in [-0.4, -0.2) is 30.6 Å². The summed E-state index contributed by atoms with van der Waals surface area (Å²) in [6, 6.07) is 4.95. The quantitative estimate of drug-likeness (QED) is 0.215. The Morgan fingerprint density at radius 2 is 2.03 bits per heavy atom. The van der Waals surface area contributed by atoms with Crippen molar-refractivity contribution in [3.8, 4) is 10.8 Å². The summed E-state index contributed by atoms with van der Waals surface area (Å²) in [5.41, 5.74) is -0.949. The zero-order valence-corrected chi connectivity index (χ0v) is 19.5. The molecular formula is C24H28O7S. The standard InChI is InChI=1S/C24H28O7S/c1-5-30-21-12-11-17(32-21)13-16(3)23(27)22-18(25)14-19(31-24(22)28)15(2)9-7-6-8-10-20(26)29-4/h6,8,11-15,25H,5,7,9-10H2,1-4H3. The zero-order chi connectivity index (χ0) is 23.7. The highest BCUT2D eigenvalue weighted by Gasteiger charge is 2.22. The summed E-state index contributed by atoms with van der Waals surface area (Å²) in [7, 11) is 1.33. The molecule has 0 radical (unpaired) electrons. The first-order chi connectivity index (χ1) is 15.3. The van der Waals surface area contributed by atoms with Crippen molar-refractivity contribution in [2.24, 2.45) is 0 Å². The van der Waals surface area contributed by atoms with Gasteiger partial charge in [0.2, 0.25) is 0 Å². The Kier molecular flexibility index (Phi) is 9.46. The molecule has 0 aliphatic rings. The first-order valence-corrected chi connectivity index (χ1v) is 11.1. The van der Waals surface area contributed by atoms with Crippen molar-refractivity contribution < 1.29 is 28.6 Å². The van der Waals surface area contributed by atoms with Crippen LogP contribution in [0.3, 0.4) is 0 Å². The monoisotopic (exact) mass is 460 g/mol. The third-order valence-electron chi connectivity index (χ3n) is 4.71. The molecule has 2 aromatic rings. The molecule has 1 atom stereocenters. The van der Waals surface area contributed by atoms with Crippen LogP contribution in [0.1, 0.15) is 66.9 Å². The lowest BCUT2D eigenvalue weighted by atomic mass is 9.99. The summed E-state index contributed by atoms with van der Waals surface area (Å²) >= 11 is 1.38. The minimum Gasteiger partial charge on any atom is -0.507 e. The number of hydrogen-bond acceptors (Lipinski definition) is 8. The van der Waals surface area contributed by atoms with Gasteiger partial charge in [-0.25, -0.2) is 4.79 Å². The Hall–Kier alpha value is -3.13. The molecule has 0 amide bonds. The molecule has 7 nitrogen and oxygen atoms in total. The second-order valence-corrected chi connectivity index (χ2v) is 8.25. The predicted octanol–water partition coefficient (Wildman–Crippen LogP) is 5.09. The summed E-state index contributed by atoms with van der Waals surface area (Å²) in [5, 5.41) is 11.1. The number of ether oxygens (including phenoxy) is 2. The number of allylic oxidation sites excluding steroid dienone is 2. The lowest BCUT2D eigenvalue weighted by Gasteiger charge is -2.11. The van der Waals surface area contributed by atoms with Crippen molar-refractivity contribution >= 4 is 29.2 Å². The van der Waals surface area contributed by atoms with E-state index in [1.54, 1.807) is 19.1 Å². The van der Waals surface area contributed by atoms with Crippen LogP contribution in [0.5, 0.6) is 10.8 Å². The third kappa shape index (κ3) is 6.95. The SMILES string of the molecule is CCOc1ccc(C=C(C)C(=O)c2c(O)cc(C(C)CCC=CCC(=O)OC)oc2=O)s1. The molecular weight excluding hydrogens is 432 g/mol. The largest absolute Gasteiger partial charge is 0.507 e. The van der Waals surface area contributed by atoms with Gasteiger partial charge in [-0.15, -0.1) is 0 Å². The molecule has 2 aromatic heterocycles. The highest BCUT2D eigenvalue weighted by atomic mass is 32.1. The van der Waals surface area contributed by atoms with Gasteiger partial charge in [0, 0.05) is 16.9 Å². The van der Waals surface area contributed by atoms with Crippen molar-refractivity contribution in [2.75, 3.05) is 13.7 Å². The molecule has 2 heterocycles. The van der Waals surface area contributed by atoms with Crippen molar-refractivity contribution in [3.05, 3.63) is 62.5 Å². The van der Waals surface area contributed by atoms with E-state index in [9.17, 15) is 19.5 Å². The van der Waals surface area contributed by atoms with Gasteiger partial charge in [0.15, 0.2) is 10.8 Å². The van der Waals surface area contributed by atoms with Gasteiger partial charge >= 0.3 is 11.6 Å². The fraction of sp³-hybridized carbons (Fsp3) is 0.375. The first kappa shape index (κ1) is 25.1. The molecule has 2 rings (SSSR count). The second-order valence-electron chi connectivity index (χ2n) is 7.17. The minimum atomic E-state index is -0.869. The number of ketones is 1. The average molecular weight is 461 g/mol. The van der Waals surface area contributed by atoms with Gasteiger partial charge < -0.3 is 19.0 Å². The van der Waals surface area contributed by atoms with E-state index in [-0.39, 0.29) is 23.9 Å². The topological polar surface area (TPSA) is 103 Å². The normalized spacial score (nSPS) is 12.7. The van der Waals surface area contributed by atoms with E-state index < -0.39 is 17.2 Å². The zero-order valence-electron chi connectivity index (χ0n) is 18.7. The number of esters is 1. The van der Waals surface area contributed by atoms with E-state index in [1.807, 2.05) is 32.1 Å². The van der Waals surface area contributed by atoms with E-state index in [4.69, 9.17) is 9.15 Å². The van der Waals surface area contributed by atoms with Gasteiger partial charge in [0.05, 0.1) is 20.1 Å². The molecule has 8 heteroatoms. The summed E-state index contributed by atoms with van der Waals surface area (Å²) < 4.78 is 15.3. The van der Waals surface area contributed by atoms with Crippen LogP contribution in [0, 0.1) is 0 Å². The Morgan fingerprint density at radius 1 is 1.28 bits per heavy atom. The maximum absolute atomic E-state index is 12.8. The molecule has 1 N–H and O–H groups in total. The molecule has 0 bridgehead atoms. The average Bonchev–Trinajstić information content (AvgIpc) is 3.19. The van der Waals surface area contributed by atoms with E-state index in [2.05, 4.69) is 4.74 Å². The number of thiophene rings is 1. The van der Waals surface area contributed by atoms with Gasteiger partial charge in [-0.05, 0) is 50.5 Å². The van der Waals surface area contributed by atoms with Crippen LogP contribution in [0.25, 0.3) is 6.08 Å². The molecule has 0 fully saturated rings. The molecule has 0 aromatic carbocycles. The number of methoxy groups -OCH3 is 1. The van der Waals surface area contributed by atoms with Gasteiger partial charge in [-0.1, -0.05) is 30.4 Å². The Labute approximate surface area is 191 Å². The summed E-state index contributed by atoms with van der Waals surface area (Å²) in [6.45, 7) is 5.87. The molecule has 0 aliphatic carbocycles. The predicted molar refractivity (Wildman–Crippen MR) is 124 cm³/mol. The summed E-state index contributed by atoms with van der Waals surface area (Å²) in [5.74, 6) is -1.17. The van der Waals surface area contributed by atoms with Crippen LogP contribution in [0.2, 0.25) is 0 Å². The Balaban J connectivity index is 2.10. The molecule has 32 heavy (non-hydrogen) atoms. The number of Topliss-reactive ketones (excluding diaryl/α,β-unsaturated/α-hetero) is 1.